The number of amides is 1. The van der Waals surface area contributed by atoms with Gasteiger partial charge in [0, 0.05) is 31.4 Å². The molecule has 0 aliphatic carbocycles. The Balaban J connectivity index is 2.09. The Hall–Kier alpha value is -1.32. The van der Waals surface area contributed by atoms with Crippen molar-refractivity contribution in [3.8, 4) is 0 Å². The van der Waals surface area contributed by atoms with Gasteiger partial charge in [-0.05, 0) is 12.8 Å². The highest BCUT2D eigenvalue weighted by molar-refractivity contribution is 5.78. The summed E-state index contributed by atoms with van der Waals surface area (Å²) in [4.78, 5) is 15.4. The van der Waals surface area contributed by atoms with Gasteiger partial charge in [-0.2, -0.15) is 0 Å². The summed E-state index contributed by atoms with van der Waals surface area (Å²) in [7, 11) is 0. The summed E-state index contributed by atoms with van der Waals surface area (Å²) in [6.45, 7) is 5.61. The van der Waals surface area contributed by atoms with Crippen molar-refractivity contribution in [2.45, 2.75) is 33.2 Å². The molecule has 1 unspecified atom stereocenters. The zero-order chi connectivity index (χ0) is 11.1. The second kappa shape index (κ2) is 6.22. The molecule has 0 aliphatic rings. The summed E-state index contributed by atoms with van der Waals surface area (Å²) in [6.07, 6.45) is 7.32. The van der Waals surface area contributed by atoms with E-state index in [9.17, 15) is 4.79 Å². The van der Waals surface area contributed by atoms with Gasteiger partial charge in [0.05, 0.1) is 6.33 Å². The summed E-state index contributed by atoms with van der Waals surface area (Å²) in [6, 6.07) is 0. The number of nitrogens with zero attached hydrogens (tertiary/aromatic N) is 2. The minimum absolute atomic E-state index is 0.123. The summed E-state index contributed by atoms with van der Waals surface area (Å²) in [5.74, 6) is 0.279. The van der Waals surface area contributed by atoms with E-state index in [1.165, 1.54) is 0 Å². The van der Waals surface area contributed by atoms with Gasteiger partial charge in [0.25, 0.3) is 0 Å². The van der Waals surface area contributed by atoms with Gasteiger partial charge in [0.1, 0.15) is 0 Å². The predicted octanol–water partition coefficient (Wildman–Crippen LogP) is 1.44. The van der Waals surface area contributed by atoms with Crippen LogP contribution in [0.25, 0.3) is 0 Å². The van der Waals surface area contributed by atoms with E-state index >= 15 is 0 Å². The SMILES string of the molecule is CCC(C)C(=O)NCCCn1ccnc1. The quantitative estimate of drug-likeness (QED) is 0.720. The van der Waals surface area contributed by atoms with E-state index in [1.807, 2.05) is 24.6 Å². The van der Waals surface area contributed by atoms with E-state index in [0.717, 1.165) is 25.9 Å². The minimum atomic E-state index is 0.123. The van der Waals surface area contributed by atoms with Crippen LogP contribution in [0.15, 0.2) is 18.7 Å². The van der Waals surface area contributed by atoms with Crippen LogP contribution in [-0.2, 0) is 11.3 Å². The first-order valence-corrected chi connectivity index (χ1v) is 5.47. The van der Waals surface area contributed by atoms with Gasteiger partial charge in [-0.25, -0.2) is 4.98 Å². The second-order valence-corrected chi connectivity index (χ2v) is 3.75. The number of carbonyl (C=O) groups excluding carboxylic acids is 1. The fraction of sp³-hybridized carbons (Fsp3) is 0.636. The van der Waals surface area contributed by atoms with Crippen molar-refractivity contribution in [3.63, 3.8) is 0 Å². The number of aryl methyl sites for hydroxylation is 1. The van der Waals surface area contributed by atoms with Gasteiger partial charge in [-0.1, -0.05) is 13.8 Å². The lowest BCUT2D eigenvalue weighted by atomic mass is 10.1. The average molecular weight is 209 g/mol. The van der Waals surface area contributed by atoms with Gasteiger partial charge < -0.3 is 9.88 Å². The summed E-state index contributed by atoms with van der Waals surface area (Å²) in [5.41, 5.74) is 0. The van der Waals surface area contributed by atoms with Crippen LogP contribution in [0.5, 0.6) is 0 Å². The van der Waals surface area contributed by atoms with E-state index in [0.29, 0.717) is 0 Å². The van der Waals surface area contributed by atoms with Crippen molar-refractivity contribution in [3.05, 3.63) is 18.7 Å². The third kappa shape index (κ3) is 4.14. The van der Waals surface area contributed by atoms with Gasteiger partial charge in [-0.3, -0.25) is 4.79 Å². The van der Waals surface area contributed by atoms with E-state index < -0.39 is 0 Å². The Labute approximate surface area is 90.7 Å². The fourth-order valence-electron chi connectivity index (χ4n) is 1.25. The van der Waals surface area contributed by atoms with Gasteiger partial charge >= 0.3 is 0 Å². The molecule has 0 aromatic carbocycles. The lowest BCUT2D eigenvalue weighted by molar-refractivity contribution is -0.124. The molecule has 0 saturated carbocycles. The molecular formula is C11H19N3O. The molecule has 15 heavy (non-hydrogen) atoms. The molecule has 1 heterocycles. The number of aromatic nitrogens is 2. The Morgan fingerprint density at radius 1 is 1.60 bits per heavy atom. The highest BCUT2D eigenvalue weighted by Gasteiger charge is 2.08. The normalized spacial score (nSPS) is 12.4. The van der Waals surface area contributed by atoms with Crippen molar-refractivity contribution in [1.82, 2.24) is 14.9 Å². The molecule has 1 aromatic heterocycles. The van der Waals surface area contributed by atoms with Crippen LogP contribution in [0.3, 0.4) is 0 Å². The molecule has 0 bridgehead atoms. The van der Waals surface area contributed by atoms with Crippen LogP contribution in [0.4, 0.5) is 0 Å². The number of rotatable bonds is 6. The van der Waals surface area contributed by atoms with Gasteiger partial charge in [-0.15, -0.1) is 0 Å². The lowest BCUT2D eigenvalue weighted by Gasteiger charge is -2.09. The monoisotopic (exact) mass is 209 g/mol. The number of hydrogen-bond donors (Lipinski definition) is 1. The zero-order valence-corrected chi connectivity index (χ0v) is 9.44. The summed E-state index contributed by atoms with van der Waals surface area (Å²) in [5, 5.41) is 2.92. The van der Waals surface area contributed by atoms with Crippen LogP contribution in [0.1, 0.15) is 26.7 Å². The maximum absolute atomic E-state index is 11.4. The molecule has 1 aromatic rings. The first-order valence-electron chi connectivity index (χ1n) is 5.47. The lowest BCUT2D eigenvalue weighted by Crippen LogP contribution is -2.30. The van der Waals surface area contributed by atoms with Crippen LogP contribution in [-0.4, -0.2) is 22.0 Å². The molecule has 4 nitrogen and oxygen atoms in total. The topological polar surface area (TPSA) is 46.9 Å². The van der Waals surface area contributed by atoms with Crippen LogP contribution in [0, 0.1) is 5.92 Å². The third-order valence-corrected chi connectivity index (χ3v) is 2.51. The average Bonchev–Trinajstić information content (AvgIpc) is 2.75. The number of hydrogen-bond acceptors (Lipinski definition) is 2. The van der Waals surface area contributed by atoms with Crippen molar-refractivity contribution in [1.29, 1.82) is 0 Å². The molecule has 1 amide bonds. The first kappa shape index (κ1) is 11.8. The minimum Gasteiger partial charge on any atom is -0.356 e. The number of carbonyl (C=O) groups is 1. The molecule has 1 rings (SSSR count). The Bertz CT molecular complexity index is 282. The maximum atomic E-state index is 11.4. The standard InChI is InChI=1S/C11H19N3O/c1-3-10(2)11(15)13-5-4-7-14-8-6-12-9-14/h6,8-10H,3-5,7H2,1-2H3,(H,13,15). The molecule has 0 aliphatic heterocycles. The maximum Gasteiger partial charge on any atom is 0.222 e. The highest BCUT2D eigenvalue weighted by Crippen LogP contribution is 1.99. The van der Waals surface area contributed by atoms with E-state index in [2.05, 4.69) is 10.3 Å². The molecule has 1 N–H and O–H groups in total. The summed E-state index contributed by atoms with van der Waals surface area (Å²) < 4.78 is 2.01. The van der Waals surface area contributed by atoms with Crippen LogP contribution in [0.2, 0.25) is 0 Å². The van der Waals surface area contributed by atoms with Crippen LogP contribution >= 0.6 is 0 Å². The van der Waals surface area contributed by atoms with Crippen molar-refractivity contribution in [2.75, 3.05) is 6.54 Å². The smallest absolute Gasteiger partial charge is 0.222 e. The fourth-order valence-corrected chi connectivity index (χ4v) is 1.25. The predicted molar refractivity (Wildman–Crippen MR) is 59.3 cm³/mol. The van der Waals surface area contributed by atoms with Crippen molar-refractivity contribution >= 4 is 5.91 Å². The van der Waals surface area contributed by atoms with Crippen molar-refractivity contribution in [2.24, 2.45) is 5.92 Å². The zero-order valence-electron chi connectivity index (χ0n) is 9.44. The largest absolute Gasteiger partial charge is 0.356 e. The highest BCUT2D eigenvalue weighted by atomic mass is 16.1. The third-order valence-electron chi connectivity index (χ3n) is 2.51. The number of imidazole rings is 1. The molecule has 0 spiro atoms. The number of nitrogens with one attached hydrogen (secondary N) is 1. The molecule has 1 atom stereocenters. The molecular weight excluding hydrogens is 190 g/mol. The first-order chi connectivity index (χ1) is 7.24. The second-order valence-electron chi connectivity index (χ2n) is 3.75. The van der Waals surface area contributed by atoms with E-state index in [-0.39, 0.29) is 11.8 Å². The Morgan fingerprint density at radius 2 is 2.40 bits per heavy atom. The van der Waals surface area contributed by atoms with Crippen LogP contribution < -0.4 is 5.32 Å². The van der Waals surface area contributed by atoms with Gasteiger partial charge in [0.2, 0.25) is 5.91 Å². The molecule has 0 saturated heterocycles. The van der Waals surface area contributed by atoms with E-state index in [1.54, 1.807) is 12.5 Å². The van der Waals surface area contributed by atoms with Crippen molar-refractivity contribution < 1.29 is 4.79 Å². The van der Waals surface area contributed by atoms with E-state index in [4.69, 9.17) is 0 Å². The summed E-state index contributed by atoms with van der Waals surface area (Å²) >= 11 is 0. The Kier molecular flexibility index (Phi) is 4.87. The van der Waals surface area contributed by atoms with Gasteiger partial charge in [0.15, 0.2) is 0 Å². The molecule has 0 fully saturated rings. The molecule has 4 heteroatoms. The molecule has 84 valence electrons. The molecule has 0 radical (unpaired) electrons. The Morgan fingerprint density at radius 3 is 3.00 bits per heavy atom.